The van der Waals surface area contributed by atoms with Crippen molar-refractivity contribution in [2.75, 3.05) is 18.9 Å². The number of likely N-dealkylation sites (tertiary alicyclic amines) is 1. The Morgan fingerprint density at radius 3 is 2.88 bits per heavy atom. The number of nitrogens with zero attached hydrogens (tertiary/aromatic N) is 5. The Balaban J connectivity index is 1.56. The first-order valence-corrected chi connectivity index (χ1v) is 8.49. The van der Waals surface area contributed by atoms with Crippen molar-refractivity contribution in [3.05, 3.63) is 58.8 Å². The van der Waals surface area contributed by atoms with Crippen molar-refractivity contribution in [1.82, 2.24) is 24.1 Å². The van der Waals surface area contributed by atoms with Gasteiger partial charge in [0, 0.05) is 57.0 Å². The van der Waals surface area contributed by atoms with E-state index < -0.39 is 0 Å². The van der Waals surface area contributed by atoms with Gasteiger partial charge in [-0.25, -0.2) is 4.98 Å². The lowest BCUT2D eigenvalue weighted by Gasteiger charge is -2.24. The molecule has 0 bridgehead atoms. The van der Waals surface area contributed by atoms with Crippen LogP contribution >= 0.6 is 0 Å². The molecular weight excluding hydrogens is 332 g/mol. The zero-order valence-electron chi connectivity index (χ0n) is 14.7. The van der Waals surface area contributed by atoms with Crippen molar-refractivity contribution in [2.24, 2.45) is 13.0 Å². The zero-order valence-corrected chi connectivity index (χ0v) is 14.7. The Morgan fingerprint density at radius 1 is 1.27 bits per heavy atom. The van der Waals surface area contributed by atoms with Gasteiger partial charge >= 0.3 is 0 Å². The fourth-order valence-corrected chi connectivity index (χ4v) is 3.60. The van der Waals surface area contributed by atoms with Gasteiger partial charge in [-0.05, 0) is 12.1 Å². The smallest absolute Gasteiger partial charge is 0.259 e. The molecule has 4 heterocycles. The highest BCUT2D eigenvalue weighted by Crippen LogP contribution is 2.36. The van der Waals surface area contributed by atoms with Crippen LogP contribution < -0.4 is 10.9 Å². The molecule has 1 amide bonds. The number of hydrogen-bond acceptors (Lipinski definition) is 5. The van der Waals surface area contributed by atoms with Crippen LogP contribution in [0.25, 0.3) is 5.65 Å². The molecule has 1 aliphatic heterocycles. The molecule has 1 N–H and O–H groups in total. The molecule has 0 saturated carbocycles. The quantitative estimate of drug-likeness (QED) is 0.759. The summed E-state index contributed by atoms with van der Waals surface area (Å²) < 4.78 is 3.23. The molecule has 0 aliphatic carbocycles. The molecule has 26 heavy (non-hydrogen) atoms. The number of pyridine rings is 1. The Hall–Kier alpha value is -3.16. The molecule has 134 valence electrons. The topological polar surface area (TPSA) is 84.5 Å². The van der Waals surface area contributed by atoms with E-state index in [1.165, 1.54) is 10.5 Å². The maximum atomic E-state index is 12.2. The van der Waals surface area contributed by atoms with E-state index in [-0.39, 0.29) is 23.4 Å². The molecule has 3 aromatic heterocycles. The van der Waals surface area contributed by atoms with Gasteiger partial charge in [-0.15, -0.1) is 0 Å². The Kier molecular flexibility index (Phi) is 3.95. The van der Waals surface area contributed by atoms with Gasteiger partial charge in [0.2, 0.25) is 5.91 Å². The second-order valence-corrected chi connectivity index (χ2v) is 6.65. The van der Waals surface area contributed by atoms with Gasteiger partial charge in [0.05, 0.1) is 12.2 Å². The van der Waals surface area contributed by atoms with Gasteiger partial charge in [-0.1, -0.05) is 6.07 Å². The molecule has 0 aromatic carbocycles. The summed E-state index contributed by atoms with van der Waals surface area (Å²) in [7, 11) is 3.68. The lowest BCUT2D eigenvalue weighted by molar-refractivity contribution is -0.127. The minimum atomic E-state index is -0.137. The van der Waals surface area contributed by atoms with E-state index in [2.05, 4.69) is 15.4 Å². The predicted octanol–water partition coefficient (Wildman–Crippen LogP) is 1.06. The molecular formula is C18H20N6O2. The average molecular weight is 352 g/mol. The maximum absolute atomic E-state index is 12.2. The van der Waals surface area contributed by atoms with E-state index >= 15 is 0 Å². The second kappa shape index (κ2) is 6.29. The summed E-state index contributed by atoms with van der Waals surface area (Å²) in [6.45, 7) is 0.547. The van der Waals surface area contributed by atoms with Gasteiger partial charge in [-0.2, -0.15) is 5.10 Å². The average Bonchev–Trinajstić information content (AvgIpc) is 3.16. The van der Waals surface area contributed by atoms with Gasteiger partial charge in [0.25, 0.3) is 5.56 Å². The third kappa shape index (κ3) is 2.83. The standard InChI is InChI=1S/C18H20N6O2/c1-22-11-13(10-20-22)18-12(7-16(25)23(18)2)9-19-14-8-17(26)24-6-4-3-5-15(24)21-14/h3-6,8,10-12,18-19H,7,9H2,1-2H3/t12-,18+/m0/s1. The van der Waals surface area contributed by atoms with Crippen molar-refractivity contribution in [3.63, 3.8) is 0 Å². The van der Waals surface area contributed by atoms with Gasteiger partial charge < -0.3 is 10.2 Å². The number of aryl methyl sites for hydroxylation is 1. The molecule has 0 unspecified atom stereocenters. The summed E-state index contributed by atoms with van der Waals surface area (Å²) in [6, 6.07) is 6.87. The predicted molar refractivity (Wildman–Crippen MR) is 96.8 cm³/mol. The molecule has 0 spiro atoms. The van der Waals surface area contributed by atoms with Gasteiger partial charge in [-0.3, -0.25) is 18.7 Å². The summed E-state index contributed by atoms with van der Waals surface area (Å²) in [4.78, 5) is 30.7. The Bertz CT molecular complexity index is 1020. The van der Waals surface area contributed by atoms with Crippen LogP contribution in [0.2, 0.25) is 0 Å². The number of fused-ring (bicyclic) bond motifs is 1. The number of rotatable bonds is 4. The molecule has 1 aliphatic rings. The van der Waals surface area contributed by atoms with E-state index in [4.69, 9.17) is 0 Å². The summed E-state index contributed by atoms with van der Waals surface area (Å²) in [5, 5.41) is 7.46. The highest BCUT2D eigenvalue weighted by atomic mass is 16.2. The SMILES string of the molecule is CN1C(=O)C[C@@H](CNc2cc(=O)n3ccccc3n2)[C@@H]1c1cnn(C)c1. The summed E-state index contributed by atoms with van der Waals surface area (Å²) in [6.07, 6.45) is 5.88. The first-order valence-electron chi connectivity index (χ1n) is 8.49. The minimum Gasteiger partial charge on any atom is -0.369 e. The van der Waals surface area contributed by atoms with Crippen molar-refractivity contribution in [2.45, 2.75) is 12.5 Å². The van der Waals surface area contributed by atoms with Crippen LogP contribution in [0.15, 0.2) is 47.7 Å². The Labute approximate surface area is 150 Å². The van der Waals surface area contributed by atoms with Crippen LogP contribution in [-0.2, 0) is 11.8 Å². The third-order valence-electron chi connectivity index (χ3n) is 4.88. The molecule has 2 atom stereocenters. The number of hydrogen-bond donors (Lipinski definition) is 1. The van der Waals surface area contributed by atoms with E-state index in [9.17, 15) is 9.59 Å². The second-order valence-electron chi connectivity index (χ2n) is 6.65. The van der Waals surface area contributed by atoms with Crippen LogP contribution in [0.1, 0.15) is 18.0 Å². The lowest BCUT2D eigenvalue weighted by Crippen LogP contribution is -2.26. The fourth-order valence-electron chi connectivity index (χ4n) is 3.60. The van der Waals surface area contributed by atoms with Crippen LogP contribution in [-0.4, -0.2) is 43.6 Å². The molecule has 1 saturated heterocycles. The number of aromatic nitrogens is 4. The van der Waals surface area contributed by atoms with Crippen LogP contribution in [0.3, 0.4) is 0 Å². The van der Waals surface area contributed by atoms with Crippen molar-refractivity contribution in [1.29, 1.82) is 0 Å². The van der Waals surface area contributed by atoms with Crippen molar-refractivity contribution >= 4 is 17.4 Å². The monoisotopic (exact) mass is 352 g/mol. The van der Waals surface area contributed by atoms with E-state index in [0.29, 0.717) is 24.4 Å². The minimum absolute atomic E-state index is 0.0368. The summed E-state index contributed by atoms with van der Waals surface area (Å²) in [5.41, 5.74) is 1.46. The molecule has 8 nitrogen and oxygen atoms in total. The normalized spacial score (nSPS) is 20.1. The molecule has 4 rings (SSSR count). The van der Waals surface area contributed by atoms with Crippen molar-refractivity contribution < 1.29 is 4.79 Å². The number of nitrogens with one attached hydrogen (secondary N) is 1. The highest BCUT2D eigenvalue weighted by Gasteiger charge is 2.38. The first-order chi connectivity index (χ1) is 12.5. The molecule has 8 heteroatoms. The number of anilines is 1. The van der Waals surface area contributed by atoms with Crippen LogP contribution in [0, 0.1) is 5.92 Å². The van der Waals surface area contributed by atoms with Crippen LogP contribution in [0.4, 0.5) is 5.82 Å². The van der Waals surface area contributed by atoms with E-state index in [1.54, 1.807) is 34.1 Å². The Morgan fingerprint density at radius 2 is 2.12 bits per heavy atom. The number of carbonyl (C=O) groups excluding carboxylic acids is 1. The zero-order chi connectivity index (χ0) is 18.3. The van der Waals surface area contributed by atoms with Crippen LogP contribution in [0.5, 0.6) is 0 Å². The number of amides is 1. The van der Waals surface area contributed by atoms with E-state index in [1.807, 2.05) is 26.4 Å². The third-order valence-corrected chi connectivity index (χ3v) is 4.88. The number of carbonyl (C=O) groups is 1. The molecule has 1 fully saturated rings. The van der Waals surface area contributed by atoms with Crippen molar-refractivity contribution in [3.8, 4) is 0 Å². The van der Waals surface area contributed by atoms with Gasteiger partial charge in [0.1, 0.15) is 11.5 Å². The maximum Gasteiger partial charge on any atom is 0.259 e. The van der Waals surface area contributed by atoms with Gasteiger partial charge in [0.15, 0.2) is 0 Å². The molecule has 3 aromatic rings. The first kappa shape index (κ1) is 16.3. The highest BCUT2D eigenvalue weighted by molar-refractivity contribution is 5.79. The lowest BCUT2D eigenvalue weighted by atomic mass is 9.96. The largest absolute Gasteiger partial charge is 0.369 e. The summed E-state index contributed by atoms with van der Waals surface area (Å²) >= 11 is 0. The summed E-state index contributed by atoms with van der Waals surface area (Å²) in [5.74, 6) is 0.707. The fraction of sp³-hybridized carbons (Fsp3) is 0.333. The van der Waals surface area contributed by atoms with E-state index in [0.717, 1.165) is 5.56 Å². The molecule has 0 radical (unpaired) electrons.